The molecule has 1 aliphatic carbocycles. The maximum absolute atomic E-state index is 14.7. The third kappa shape index (κ3) is 6.81. The molecule has 13 N–H and O–H groups in total. The molecule has 2 saturated heterocycles. The Hall–Kier alpha value is -3.74. The van der Waals surface area contributed by atoms with Crippen LogP contribution in [0.15, 0.2) is 0 Å². The van der Waals surface area contributed by atoms with E-state index in [4.69, 9.17) is 0 Å². The van der Waals surface area contributed by atoms with Gasteiger partial charge in [0.05, 0.1) is 23.6 Å². The van der Waals surface area contributed by atoms with E-state index in [1.807, 2.05) is 0 Å². The van der Waals surface area contributed by atoms with Crippen molar-refractivity contribution in [2.24, 2.45) is 11.8 Å². The molecule has 2 heterocycles. The number of carbonyl (C=O) groups is 3. The number of hydrogen-bond acceptors (Lipinski definition) is 18. The molecule has 0 radical (unpaired) electrons. The van der Waals surface area contributed by atoms with Crippen LogP contribution < -0.4 is 0 Å². The normalized spacial score (nSPS) is 30.6. The highest BCUT2D eigenvalue weighted by molar-refractivity contribution is 6.40. The van der Waals surface area contributed by atoms with Gasteiger partial charge in [-0.2, -0.15) is 36.1 Å². The van der Waals surface area contributed by atoms with Gasteiger partial charge in [-0.3, -0.25) is 9.59 Å². The first-order chi connectivity index (χ1) is 25.5. The molecule has 0 spiro atoms. The minimum Gasteiger partial charge on any atom is -0.507 e. The number of benzene rings is 1. The molecule has 1 aromatic rings. The number of nitrogens with zero attached hydrogens (tertiary/aromatic N) is 4. The van der Waals surface area contributed by atoms with Gasteiger partial charge in [0.1, 0.15) is 34.6 Å². The van der Waals surface area contributed by atoms with E-state index in [-0.39, 0.29) is 4.90 Å². The van der Waals surface area contributed by atoms with Crippen molar-refractivity contribution in [3.63, 3.8) is 0 Å². The van der Waals surface area contributed by atoms with Crippen LogP contribution in [-0.2, 0) is 21.9 Å². The number of rotatable bonds is 5. The summed E-state index contributed by atoms with van der Waals surface area (Å²) in [5, 5.41) is 138. The van der Waals surface area contributed by atoms with Crippen molar-refractivity contribution in [3.05, 3.63) is 16.7 Å². The summed E-state index contributed by atoms with van der Waals surface area (Å²) in [5.41, 5.74) is -6.96. The molecule has 3 fully saturated rings. The molecule has 8 atom stereocenters. The summed E-state index contributed by atoms with van der Waals surface area (Å²) in [4.78, 5) is 39.6. The highest BCUT2D eigenvalue weighted by Crippen LogP contribution is 2.56. The predicted molar refractivity (Wildman–Crippen MR) is 164 cm³/mol. The molecule has 8 unspecified atom stereocenters. The number of piperazine rings is 1. The van der Waals surface area contributed by atoms with Crippen LogP contribution in [0.5, 0.6) is 17.2 Å². The Balaban J connectivity index is 1.89. The Morgan fingerprint density at radius 2 is 1.25 bits per heavy atom. The van der Waals surface area contributed by atoms with Gasteiger partial charge in [0, 0.05) is 25.7 Å². The van der Waals surface area contributed by atoms with Crippen molar-refractivity contribution in [2.75, 3.05) is 13.6 Å². The minimum atomic E-state index is -5.91. The number of halogens is 7. The Bertz CT molecular complexity index is 1720. The van der Waals surface area contributed by atoms with Gasteiger partial charge in [-0.25, -0.2) is 9.18 Å². The summed E-state index contributed by atoms with van der Waals surface area (Å²) in [7, 11) is 0.679. The quantitative estimate of drug-likeness (QED) is 0.0821. The second kappa shape index (κ2) is 14.2. The first-order valence-corrected chi connectivity index (χ1v) is 16.5. The zero-order chi connectivity index (χ0) is 44.2. The molecular weight excluding hydrogens is 805 g/mol. The smallest absolute Gasteiger partial charge is 0.423 e. The number of aromatic hydroxyl groups is 3. The number of carbonyl (C=O) groups excluding carboxylic acids is 3. The largest absolute Gasteiger partial charge is 0.507 e. The molecule has 57 heavy (non-hydrogen) atoms. The second-order valence-corrected chi connectivity index (χ2v) is 14.1. The Labute approximate surface area is 314 Å². The van der Waals surface area contributed by atoms with Crippen LogP contribution in [0, 0.1) is 11.8 Å². The summed E-state index contributed by atoms with van der Waals surface area (Å²) in [6, 6.07) is -8.02. The van der Waals surface area contributed by atoms with Crippen molar-refractivity contribution < 1.29 is 112 Å². The number of piperidine rings is 1. The molecule has 1 aromatic carbocycles. The van der Waals surface area contributed by atoms with Gasteiger partial charge >= 0.3 is 42.0 Å². The molecule has 0 aromatic heterocycles. The van der Waals surface area contributed by atoms with E-state index >= 15 is 0 Å². The number of urea groups is 1. The Kier molecular flexibility index (Phi) is 11.5. The SMILES string of the molecule is CC1C(O)C(F)C(=O)C(=O)C1C1CC(N2C(O)(O)C(O)(O)N(C(C)O)C(O)(O)C2(O)O)CCN1C(=O)N(C)C(C)c1c(O)c(C(F)(F)F)c(O)c(C(F)(F)F)c1O. The average Bonchev–Trinajstić information content (AvgIpc) is 3.03. The third-order valence-electron chi connectivity index (χ3n) is 10.8. The first-order valence-electron chi connectivity index (χ1n) is 16.5. The number of Topliss-reactive ketones (excluding diaryl/α,β-unsaturated/α-hetero) is 2. The third-order valence-corrected chi connectivity index (χ3v) is 10.8. The van der Waals surface area contributed by atoms with Crippen LogP contribution in [0.3, 0.4) is 0 Å². The topological polar surface area (TPSA) is 327 Å². The van der Waals surface area contributed by atoms with E-state index < -0.39 is 165 Å². The lowest BCUT2D eigenvalue weighted by molar-refractivity contribution is -0.622. The molecule has 2 amide bonds. The lowest BCUT2D eigenvalue weighted by Crippen LogP contribution is -2.92. The molecule has 0 bridgehead atoms. The fourth-order valence-corrected chi connectivity index (χ4v) is 7.83. The van der Waals surface area contributed by atoms with Crippen LogP contribution >= 0.6 is 0 Å². The zero-order valence-electron chi connectivity index (χ0n) is 29.7. The van der Waals surface area contributed by atoms with E-state index in [0.717, 1.165) is 6.92 Å². The van der Waals surface area contributed by atoms with Crippen LogP contribution in [0.1, 0.15) is 56.3 Å². The highest BCUT2D eigenvalue weighted by atomic mass is 19.4. The monoisotopic (exact) mass is 844 g/mol. The van der Waals surface area contributed by atoms with Gasteiger partial charge in [0.15, 0.2) is 6.17 Å². The fourth-order valence-electron chi connectivity index (χ4n) is 7.83. The summed E-state index contributed by atoms with van der Waals surface area (Å²) in [6.07, 6.45) is -21.6. The standard InChI is InChI=1S/C30H39F7N4O16/c1-8-13(21(46)23(48)17(31)18(8)43)12-7-11(41-29(54,55)27(50,51)40(10(3)42)28(52,53)30(41,56)57)5-6-39(12)24(49)38(4)9(2)14-19(44)15(25(32,33)34)22(47)16(20(14)45)26(35,36)37/h8-13,17-18,42-45,47,50-57H,5-7H2,1-4H3. The van der Waals surface area contributed by atoms with E-state index in [1.54, 1.807) is 0 Å². The molecular formula is C30H39F7N4O16. The molecule has 1 saturated carbocycles. The van der Waals surface area contributed by atoms with E-state index in [1.165, 1.54) is 0 Å². The second-order valence-electron chi connectivity index (χ2n) is 14.1. The van der Waals surface area contributed by atoms with Gasteiger partial charge in [0.2, 0.25) is 11.6 Å². The van der Waals surface area contributed by atoms with Crippen molar-refractivity contribution in [3.8, 4) is 17.2 Å². The zero-order valence-corrected chi connectivity index (χ0v) is 29.7. The summed E-state index contributed by atoms with van der Waals surface area (Å²) in [6.45, 7) is 1.24. The van der Waals surface area contributed by atoms with E-state index in [0.29, 0.717) is 25.8 Å². The van der Waals surface area contributed by atoms with Crippen molar-refractivity contribution in [1.82, 2.24) is 19.6 Å². The summed E-state index contributed by atoms with van der Waals surface area (Å²) < 4.78 is 97.8. The van der Waals surface area contributed by atoms with Crippen molar-refractivity contribution >= 4 is 17.6 Å². The van der Waals surface area contributed by atoms with Crippen LogP contribution in [-0.4, -0.2) is 171 Å². The number of likely N-dealkylation sites (tertiary alicyclic amines) is 1. The summed E-state index contributed by atoms with van der Waals surface area (Å²) in [5.74, 6) is -32.2. The Morgan fingerprint density at radius 1 is 0.807 bits per heavy atom. The number of phenols is 3. The maximum atomic E-state index is 14.7. The summed E-state index contributed by atoms with van der Waals surface area (Å²) >= 11 is 0. The van der Waals surface area contributed by atoms with E-state index in [9.17, 15) is 112 Å². The van der Waals surface area contributed by atoms with Crippen LogP contribution in [0.2, 0.25) is 0 Å². The number of hydrogen-bond donors (Lipinski definition) is 13. The van der Waals surface area contributed by atoms with Gasteiger partial charge in [-0.15, -0.1) is 0 Å². The van der Waals surface area contributed by atoms with Crippen molar-refractivity contribution in [2.45, 2.75) is 106 Å². The molecule has 27 heteroatoms. The predicted octanol–water partition coefficient (Wildman–Crippen LogP) is -2.60. The number of amides is 2. The van der Waals surface area contributed by atoms with Gasteiger partial charge in [0.25, 0.3) is 0 Å². The number of aliphatic hydroxyl groups excluding tert-OH is 2. The lowest BCUT2D eigenvalue weighted by Gasteiger charge is -2.64. The molecule has 2 aliphatic heterocycles. The number of aliphatic hydroxyl groups is 10. The molecule has 4 rings (SSSR count). The number of phenolic OH excluding ortho intramolecular Hbond substituents is 3. The van der Waals surface area contributed by atoms with Gasteiger partial charge in [-0.1, -0.05) is 6.92 Å². The molecule has 3 aliphatic rings. The van der Waals surface area contributed by atoms with Crippen LogP contribution in [0.25, 0.3) is 0 Å². The van der Waals surface area contributed by atoms with Crippen molar-refractivity contribution in [1.29, 1.82) is 0 Å². The fraction of sp³-hybridized carbons (Fsp3) is 0.700. The number of ketones is 2. The first kappa shape index (κ1) is 46.0. The average molecular weight is 845 g/mol. The van der Waals surface area contributed by atoms with Gasteiger partial charge in [-0.05, 0) is 32.6 Å². The number of alkyl halides is 7. The lowest BCUT2D eigenvalue weighted by atomic mass is 9.69. The van der Waals surface area contributed by atoms with Crippen LogP contribution in [0.4, 0.5) is 35.5 Å². The minimum absolute atomic E-state index is 0.277. The van der Waals surface area contributed by atoms with E-state index in [2.05, 4.69) is 0 Å². The Morgan fingerprint density at radius 3 is 1.65 bits per heavy atom. The highest BCUT2D eigenvalue weighted by Gasteiger charge is 2.79. The van der Waals surface area contributed by atoms with Gasteiger partial charge < -0.3 is 76.2 Å². The maximum Gasteiger partial charge on any atom is 0.423 e. The molecule has 324 valence electrons. The molecule has 20 nitrogen and oxygen atoms in total.